The third-order valence-electron chi connectivity index (χ3n) is 5.71. The van der Waals surface area contributed by atoms with Crippen LogP contribution in [0.3, 0.4) is 0 Å². The number of amides is 2. The molecule has 0 radical (unpaired) electrons. The molecule has 2 amide bonds. The van der Waals surface area contributed by atoms with Gasteiger partial charge in [-0.3, -0.25) is 23.2 Å². The fraction of sp³-hybridized carbons (Fsp3) is 0.391. The second-order valence-corrected chi connectivity index (χ2v) is 13.4. The highest BCUT2D eigenvalue weighted by atomic mass is 32.2. The SMILES string of the molecule is CON=C(C(=O)N[C@@H]1C(=O)N2C(C(=O)OC(C)(C)C)=C(Cn3sc4cscc4c3=O)CS[C@H]12)c1csc(N)n1. The average Bonchev–Trinajstić information content (AvgIpc) is 3.58. The number of nitrogens with zero attached hydrogens (tertiary/aromatic N) is 4. The zero-order valence-electron chi connectivity index (χ0n) is 21.2. The summed E-state index contributed by atoms with van der Waals surface area (Å²) in [5.74, 6) is -1.45. The molecule has 3 N–H and O–H groups in total. The zero-order chi connectivity index (χ0) is 28.1. The van der Waals surface area contributed by atoms with E-state index >= 15 is 0 Å². The number of esters is 1. The van der Waals surface area contributed by atoms with Crippen LogP contribution < -0.4 is 16.6 Å². The van der Waals surface area contributed by atoms with Gasteiger partial charge in [0.25, 0.3) is 17.4 Å². The van der Waals surface area contributed by atoms with E-state index in [1.807, 2.05) is 5.38 Å². The lowest BCUT2D eigenvalue weighted by molar-refractivity contribution is -0.158. The summed E-state index contributed by atoms with van der Waals surface area (Å²) in [5.41, 5.74) is 5.52. The predicted octanol–water partition coefficient (Wildman–Crippen LogP) is 2.21. The number of anilines is 1. The molecule has 3 aromatic rings. The minimum absolute atomic E-state index is 0.102. The molecule has 0 spiro atoms. The van der Waals surface area contributed by atoms with Gasteiger partial charge in [0.15, 0.2) is 10.8 Å². The summed E-state index contributed by atoms with van der Waals surface area (Å²) in [4.78, 5) is 62.9. The van der Waals surface area contributed by atoms with Crippen molar-refractivity contribution in [2.24, 2.45) is 5.16 Å². The van der Waals surface area contributed by atoms with E-state index < -0.39 is 34.8 Å². The minimum atomic E-state index is -0.922. The Morgan fingerprint density at radius 3 is 2.67 bits per heavy atom. The van der Waals surface area contributed by atoms with Gasteiger partial charge in [0, 0.05) is 21.9 Å². The van der Waals surface area contributed by atoms with Gasteiger partial charge < -0.3 is 20.6 Å². The van der Waals surface area contributed by atoms with E-state index in [4.69, 9.17) is 15.3 Å². The van der Waals surface area contributed by atoms with Crippen LogP contribution in [0, 0.1) is 0 Å². The van der Waals surface area contributed by atoms with Gasteiger partial charge >= 0.3 is 5.97 Å². The van der Waals surface area contributed by atoms with E-state index in [2.05, 4.69) is 15.5 Å². The van der Waals surface area contributed by atoms with Crippen molar-refractivity contribution in [3.8, 4) is 0 Å². The number of thiazole rings is 1. The average molecular weight is 609 g/mol. The van der Waals surface area contributed by atoms with Crippen molar-refractivity contribution >= 4 is 84.7 Å². The summed E-state index contributed by atoms with van der Waals surface area (Å²) in [5, 5.41) is 12.0. The Labute approximate surface area is 238 Å². The number of carbonyl (C=O) groups is 3. The second-order valence-electron chi connectivity index (χ2n) is 9.59. The van der Waals surface area contributed by atoms with E-state index in [0.717, 1.165) is 16.0 Å². The van der Waals surface area contributed by atoms with Crippen LogP contribution in [-0.4, -0.2) is 67.2 Å². The smallest absolute Gasteiger partial charge is 0.355 e. The monoisotopic (exact) mass is 608 g/mol. The third kappa shape index (κ3) is 5.20. The summed E-state index contributed by atoms with van der Waals surface area (Å²) in [6, 6.07) is -0.922. The Morgan fingerprint density at radius 1 is 1.26 bits per heavy atom. The molecule has 206 valence electrons. The molecule has 2 aliphatic rings. The van der Waals surface area contributed by atoms with Crippen LogP contribution >= 0.6 is 46.0 Å². The Kier molecular flexibility index (Phi) is 7.30. The third-order valence-corrected chi connectivity index (χ3v) is 9.67. The standard InChI is InChI=1S/C23H24N6O6S4/c1-23(2,3)35-21(33)16-10(5-28-18(31)11-7-36-9-13(11)39-28)6-37-20-15(19(32)29(16)20)26-17(30)14(27-34-4)12-8-38-22(24)25-12/h7-9,15,20H,5-6H2,1-4H3,(H2,24,25)(H,26,30)/t15-,20-/m1/s1. The molecule has 5 heterocycles. The summed E-state index contributed by atoms with van der Waals surface area (Å²) < 4.78 is 8.09. The first-order chi connectivity index (χ1) is 18.5. The van der Waals surface area contributed by atoms with Crippen molar-refractivity contribution in [3.05, 3.63) is 43.5 Å². The van der Waals surface area contributed by atoms with Crippen molar-refractivity contribution in [2.75, 3.05) is 18.6 Å². The van der Waals surface area contributed by atoms with Gasteiger partial charge in [0.1, 0.15) is 35.5 Å². The first kappa shape index (κ1) is 27.4. The number of carbonyl (C=O) groups excluding carboxylic acids is 3. The van der Waals surface area contributed by atoms with Crippen LogP contribution in [0.5, 0.6) is 0 Å². The molecule has 0 saturated carbocycles. The molecular formula is C23H24N6O6S4. The van der Waals surface area contributed by atoms with E-state index in [1.165, 1.54) is 46.6 Å². The zero-order valence-corrected chi connectivity index (χ0v) is 24.5. The first-order valence-corrected chi connectivity index (χ1v) is 15.2. The molecule has 2 aliphatic heterocycles. The van der Waals surface area contributed by atoms with Gasteiger partial charge in [0.05, 0.1) is 16.6 Å². The van der Waals surface area contributed by atoms with Crippen molar-refractivity contribution in [3.63, 3.8) is 0 Å². The van der Waals surface area contributed by atoms with E-state index in [0.29, 0.717) is 16.7 Å². The first-order valence-electron chi connectivity index (χ1n) is 11.6. The molecule has 16 heteroatoms. The Bertz CT molecular complexity index is 1590. The van der Waals surface area contributed by atoms with Crippen molar-refractivity contribution in [1.82, 2.24) is 19.2 Å². The topological polar surface area (TPSA) is 158 Å². The van der Waals surface area contributed by atoms with Crippen LogP contribution in [0.15, 0.2) is 37.4 Å². The number of fused-ring (bicyclic) bond motifs is 2. The molecule has 0 aromatic carbocycles. The molecule has 39 heavy (non-hydrogen) atoms. The van der Waals surface area contributed by atoms with Gasteiger partial charge in [-0.15, -0.1) is 23.1 Å². The van der Waals surface area contributed by atoms with Gasteiger partial charge in [-0.05, 0) is 26.3 Å². The van der Waals surface area contributed by atoms with Crippen LogP contribution in [0.25, 0.3) is 10.1 Å². The lowest BCUT2D eigenvalue weighted by atomic mass is 10.0. The normalized spacial score (nSPS) is 19.6. The molecule has 3 aromatic heterocycles. The maximum Gasteiger partial charge on any atom is 0.355 e. The number of nitrogens with two attached hydrogens (primary N) is 1. The van der Waals surface area contributed by atoms with Gasteiger partial charge in [-0.25, -0.2) is 9.78 Å². The predicted molar refractivity (Wildman–Crippen MR) is 152 cm³/mol. The fourth-order valence-electron chi connectivity index (χ4n) is 4.11. The van der Waals surface area contributed by atoms with E-state index in [9.17, 15) is 19.2 Å². The molecular weight excluding hydrogens is 585 g/mol. The number of aromatic nitrogens is 2. The Balaban J connectivity index is 1.43. The summed E-state index contributed by atoms with van der Waals surface area (Å²) in [6.07, 6.45) is 0. The van der Waals surface area contributed by atoms with Crippen LogP contribution in [-0.2, 0) is 30.5 Å². The molecule has 0 bridgehead atoms. The summed E-state index contributed by atoms with van der Waals surface area (Å²) in [6.45, 7) is 5.36. The van der Waals surface area contributed by atoms with E-state index in [1.54, 1.807) is 35.5 Å². The van der Waals surface area contributed by atoms with Gasteiger partial charge in [0.2, 0.25) is 0 Å². The van der Waals surface area contributed by atoms with Crippen molar-refractivity contribution in [1.29, 1.82) is 0 Å². The molecule has 5 rings (SSSR count). The lowest BCUT2D eigenvalue weighted by Gasteiger charge is -2.50. The Morgan fingerprint density at radius 2 is 2.03 bits per heavy atom. The van der Waals surface area contributed by atoms with Gasteiger partial charge in [-0.1, -0.05) is 16.7 Å². The maximum atomic E-state index is 13.4. The minimum Gasteiger partial charge on any atom is -0.455 e. The lowest BCUT2D eigenvalue weighted by Crippen LogP contribution is -2.71. The highest BCUT2D eigenvalue weighted by Crippen LogP contribution is 2.41. The van der Waals surface area contributed by atoms with Crippen LogP contribution in [0.4, 0.5) is 5.13 Å². The number of hydrogen-bond donors (Lipinski definition) is 2. The number of β-lactam (4-membered cyclic amide) rings is 1. The molecule has 1 saturated heterocycles. The number of hydrogen-bond acceptors (Lipinski definition) is 13. The molecule has 0 aliphatic carbocycles. The second kappa shape index (κ2) is 10.4. The van der Waals surface area contributed by atoms with Crippen LogP contribution in [0.2, 0.25) is 0 Å². The van der Waals surface area contributed by atoms with Crippen molar-refractivity contribution < 1.29 is 24.0 Å². The molecule has 0 unspecified atom stereocenters. The number of oxime groups is 1. The molecule has 12 nitrogen and oxygen atoms in total. The number of thioether (sulfide) groups is 1. The number of nitrogens with one attached hydrogen (secondary N) is 1. The quantitative estimate of drug-likeness (QED) is 0.178. The van der Waals surface area contributed by atoms with E-state index in [-0.39, 0.29) is 34.3 Å². The molecule has 1 fully saturated rings. The number of thiophene rings is 1. The summed E-state index contributed by atoms with van der Waals surface area (Å²) >= 11 is 5.28. The number of ether oxygens (including phenoxy) is 1. The highest BCUT2D eigenvalue weighted by molar-refractivity contribution is 8.00. The summed E-state index contributed by atoms with van der Waals surface area (Å²) in [7, 11) is 1.29. The number of rotatable bonds is 7. The van der Waals surface area contributed by atoms with Crippen LogP contribution in [0.1, 0.15) is 26.5 Å². The molecule has 2 atom stereocenters. The van der Waals surface area contributed by atoms with Gasteiger partial charge in [-0.2, -0.15) is 11.3 Å². The van der Waals surface area contributed by atoms with Crippen molar-refractivity contribution in [2.45, 2.75) is 44.3 Å². The Hall–Kier alpha value is -3.21. The highest BCUT2D eigenvalue weighted by Gasteiger charge is 2.55. The largest absolute Gasteiger partial charge is 0.455 e. The maximum absolute atomic E-state index is 13.4. The fourth-order valence-corrected chi connectivity index (χ4v) is 7.97. The number of nitrogen functional groups attached to an aromatic ring is 1.